The highest BCUT2D eigenvalue weighted by molar-refractivity contribution is 5.82. The first-order chi connectivity index (χ1) is 6.92. The SMILES string of the molecule is OCCCOc1onc2ccccc12. The summed E-state index contributed by atoms with van der Waals surface area (Å²) in [4.78, 5) is 0. The van der Waals surface area contributed by atoms with Gasteiger partial charge >= 0.3 is 5.95 Å². The molecule has 1 aromatic heterocycles. The van der Waals surface area contributed by atoms with Gasteiger partial charge in [-0.2, -0.15) is 0 Å². The number of hydrogen-bond donors (Lipinski definition) is 1. The molecule has 0 saturated heterocycles. The predicted octanol–water partition coefficient (Wildman–Crippen LogP) is 1.59. The second-order valence-electron chi connectivity index (χ2n) is 2.91. The van der Waals surface area contributed by atoms with Crippen molar-refractivity contribution in [1.82, 2.24) is 5.16 Å². The summed E-state index contributed by atoms with van der Waals surface area (Å²) in [6, 6.07) is 7.54. The lowest BCUT2D eigenvalue weighted by atomic mass is 10.2. The van der Waals surface area contributed by atoms with Gasteiger partial charge in [-0.05, 0) is 12.1 Å². The summed E-state index contributed by atoms with van der Waals surface area (Å²) in [6.07, 6.45) is 0.592. The molecule has 0 fully saturated rings. The molecule has 2 aromatic rings. The van der Waals surface area contributed by atoms with Crippen molar-refractivity contribution in [2.75, 3.05) is 13.2 Å². The van der Waals surface area contributed by atoms with Crippen LogP contribution in [-0.2, 0) is 0 Å². The van der Waals surface area contributed by atoms with Crippen LogP contribution in [0.15, 0.2) is 28.8 Å². The quantitative estimate of drug-likeness (QED) is 0.749. The summed E-state index contributed by atoms with van der Waals surface area (Å²) in [5.41, 5.74) is 0.784. The van der Waals surface area contributed by atoms with E-state index in [1.54, 1.807) is 0 Å². The van der Waals surface area contributed by atoms with Crippen molar-refractivity contribution in [2.45, 2.75) is 6.42 Å². The zero-order valence-corrected chi connectivity index (χ0v) is 7.64. The highest BCUT2D eigenvalue weighted by atomic mass is 16.6. The molecule has 0 saturated carbocycles. The van der Waals surface area contributed by atoms with Crippen molar-refractivity contribution >= 4 is 10.9 Å². The number of aliphatic hydroxyl groups is 1. The molecule has 0 aliphatic heterocycles. The van der Waals surface area contributed by atoms with Crippen LogP contribution in [0.3, 0.4) is 0 Å². The molecule has 1 heterocycles. The maximum Gasteiger partial charge on any atom is 0.319 e. The molecular weight excluding hydrogens is 182 g/mol. The van der Waals surface area contributed by atoms with Gasteiger partial charge in [0.2, 0.25) is 0 Å². The molecule has 0 atom stereocenters. The van der Waals surface area contributed by atoms with Crippen LogP contribution >= 0.6 is 0 Å². The highest BCUT2D eigenvalue weighted by Gasteiger charge is 2.07. The predicted molar refractivity (Wildman–Crippen MR) is 51.2 cm³/mol. The average Bonchev–Trinajstić information content (AvgIpc) is 2.63. The Hall–Kier alpha value is -1.55. The van der Waals surface area contributed by atoms with E-state index < -0.39 is 0 Å². The standard InChI is InChI=1S/C10H11NO3/c12-6-3-7-13-10-8-4-1-2-5-9(8)11-14-10/h1-2,4-5,12H,3,6-7H2. The summed E-state index contributed by atoms with van der Waals surface area (Å²) in [7, 11) is 0. The van der Waals surface area contributed by atoms with Crippen molar-refractivity contribution in [1.29, 1.82) is 0 Å². The van der Waals surface area contributed by atoms with Gasteiger partial charge in [0.25, 0.3) is 0 Å². The molecule has 1 aromatic carbocycles. The van der Waals surface area contributed by atoms with Crippen molar-refractivity contribution < 1.29 is 14.4 Å². The van der Waals surface area contributed by atoms with Crippen LogP contribution in [0.25, 0.3) is 10.9 Å². The lowest BCUT2D eigenvalue weighted by Crippen LogP contribution is -1.98. The van der Waals surface area contributed by atoms with Crippen molar-refractivity contribution in [2.24, 2.45) is 0 Å². The summed E-state index contributed by atoms with van der Waals surface area (Å²) in [6.45, 7) is 0.557. The van der Waals surface area contributed by atoms with E-state index in [1.165, 1.54) is 0 Å². The maximum atomic E-state index is 8.58. The Morgan fingerprint density at radius 2 is 2.21 bits per heavy atom. The zero-order valence-electron chi connectivity index (χ0n) is 7.64. The van der Waals surface area contributed by atoms with E-state index in [2.05, 4.69) is 5.16 Å². The minimum absolute atomic E-state index is 0.117. The number of aromatic nitrogens is 1. The molecule has 0 amide bonds. The van der Waals surface area contributed by atoms with Gasteiger partial charge in [-0.3, -0.25) is 0 Å². The van der Waals surface area contributed by atoms with Crippen LogP contribution in [-0.4, -0.2) is 23.5 Å². The molecule has 0 aliphatic carbocycles. The van der Waals surface area contributed by atoms with E-state index in [0.29, 0.717) is 19.0 Å². The molecule has 0 radical (unpaired) electrons. The fourth-order valence-corrected chi connectivity index (χ4v) is 1.20. The molecular formula is C10H11NO3. The molecule has 0 bridgehead atoms. The molecule has 14 heavy (non-hydrogen) atoms. The number of fused-ring (bicyclic) bond motifs is 1. The van der Waals surface area contributed by atoms with Crippen LogP contribution in [0.2, 0.25) is 0 Å². The van der Waals surface area contributed by atoms with Crippen LogP contribution in [0.5, 0.6) is 5.95 Å². The van der Waals surface area contributed by atoms with E-state index in [-0.39, 0.29) is 6.61 Å². The van der Waals surface area contributed by atoms with Gasteiger partial charge in [0.05, 0.1) is 12.0 Å². The topological polar surface area (TPSA) is 55.5 Å². The van der Waals surface area contributed by atoms with Gasteiger partial charge in [-0.25, -0.2) is 0 Å². The minimum Gasteiger partial charge on any atom is -0.463 e. The van der Waals surface area contributed by atoms with E-state index in [0.717, 1.165) is 10.9 Å². The third-order valence-electron chi connectivity index (χ3n) is 1.89. The molecule has 2 rings (SSSR count). The molecule has 1 N–H and O–H groups in total. The second-order valence-corrected chi connectivity index (χ2v) is 2.91. The van der Waals surface area contributed by atoms with E-state index in [4.69, 9.17) is 14.4 Å². The van der Waals surface area contributed by atoms with Gasteiger partial charge in [-0.1, -0.05) is 17.3 Å². The highest BCUT2D eigenvalue weighted by Crippen LogP contribution is 2.24. The first-order valence-electron chi connectivity index (χ1n) is 4.50. The molecule has 74 valence electrons. The smallest absolute Gasteiger partial charge is 0.319 e. The van der Waals surface area contributed by atoms with Crippen LogP contribution in [0, 0.1) is 0 Å². The van der Waals surface area contributed by atoms with Crippen molar-refractivity contribution in [3.05, 3.63) is 24.3 Å². The van der Waals surface area contributed by atoms with E-state index >= 15 is 0 Å². The van der Waals surface area contributed by atoms with Crippen LogP contribution in [0.4, 0.5) is 0 Å². The number of nitrogens with zero attached hydrogens (tertiary/aromatic N) is 1. The van der Waals surface area contributed by atoms with Gasteiger partial charge in [0.1, 0.15) is 5.52 Å². The van der Waals surface area contributed by atoms with Crippen molar-refractivity contribution in [3.8, 4) is 5.95 Å². The second kappa shape index (κ2) is 4.11. The fourth-order valence-electron chi connectivity index (χ4n) is 1.20. The molecule has 4 heteroatoms. The first-order valence-corrected chi connectivity index (χ1v) is 4.50. The molecule has 0 unspecified atom stereocenters. The lowest BCUT2D eigenvalue weighted by molar-refractivity contribution is 0.189. The Morgan fingerprint density at radius 3 is 3.07 bits per heavy atom. The Morgan fingerprint density at radius 1 is 1.36 bits per heavy atom. The lowest BCUT2D eigenvalue weighted by Gasteiger charge is -1.99. The largest absolute Gasteiger partial charge is 0.463 e. The van der Waals surface area contributed by atoms with E-state index in [1.807, 2.05) is 24.3 Å². The number of rotatable bonds is 4. The fraction of sp³-hybridized carbons (Fsp3) is 0.300. The third kappa shape index (κ3) is 1.70. The van der Waals surface area contributed by atoms with Gasteiger partial charge in [0, 0.05) is 13.0 Å². The first kappa shape index (κ1) is 9.02. The van der Waals surface area contributed by atoms with Crippen LogP contribution < -0.4 is 4.74 Å². The number of hydrogen-bond acceptors (Lipinski definition) is 4. The van der Waals surface area contributed by atoms with Crippen molar-refractivity contribution in [3.63, 3.8) is 0 Å². The Bertz CT molecular complexity index is 410. The third-order valence-corrected chi connectivity index (χ3v) is 1.89. The summed E-state index contributed by atoms with van der Waals surface area (Å²) >= 11 is 0. The summed E-state index contributed by atoms with van der Waals surface area (Å²) in [5, 5.41) is 13.3. The molecule has 0 aliphatic rings. The van der Waals surface area contributed by atoms with Gasteiger partial charge < -0.3 is 14.4 Å². The normalized spacial score (nSPS) is 10.6. The Balaban J connectivity index is 2.17. The monoisotopic (exact) mass is 193 g/mol. The molecule has 4 nitrogen and oxygen atoms in total. The van der Waals surface area contributed by atoms with Gasteiger partial charge in [0.15, 0.2) is 0 Å². The average molecular weight is 193 g/mol. The van der Waals surface area contributed by atoms with Gasteiger partial charge in [-0.15, -0.1) is 0 Å². The maximum absolute atomic E-state index is 8.58. The number of aliphatic hydroxyl groups excluding tert-OH is 1. The zero-order chi connectivity index (χ0) is 9.80. The number of ether oxygens (including phenoxy) is 1. The number of benzene rings is 1. The van der Waals surface area contributed by atoms with Crippen LogP contribution in [0.1, 0.15) is 6.42 Å². The summed E-state index contributed by atoms with van der Waals surface area (Å²) < 4.78 is 10.3. The minimum atomic E-state index is 0.117. The molecule has 0 spiro atoms. The van der Waals surface area contributed by atoms with E-state index in [9.17, 15) is 0 Å². The Kier molecular flexibility index (Phi) is 2.65. The summed E-state index contributed by atoms with van der Waals surface area (Å²) in [5.74, 6) is 0.425. The Labute approximate surface area is 81.1 Å².